The zero-order valence-electron chi connectivity index (χ0n) is 16.7. The number of fused-ring (bicyclic) bond motifs is 1. The van der Waals surface area contributed by atoms with Crippen molar-refractivity contribution in [3.05, 3.63) is 64.0 Å². The summed E-state index contributed by atoms with van der Waals surface area (Å²) in [4.78, 5) is 23.7. The minimum absolute atomic E-state index is 0.0903. The first-order chi connectivity index (χ1) is 14.1. The zero-order chi connectivity index (χ0) is 20.4. The van der Waals surface area contributed by atoms with Gasteiger partial charge in [-0.25, -0.2) is 4.98 Å². The predicted molar refractivity (Wildman–Crippen MR) is 119 cm³/mol. The van der Waals surface area contributed by atoms with Gasteiger partial charge in [0.05, 0.1) is 18.0 Å². The highest BCUT2D eigenvalue weighted by atomic mass is 32.1. The Bertz CT molecular complexity index is 1070. The predicted octanol–water partition coefficient (Wildman–Crippen LogP) is 4.25. The number of aromatic amines is 1. The standard InChI is InChI=1S/C23H27N3O2S/c1-3-4-8-17(27)12-26(16-10-11-16)13-20-24-22(28)21-19(14-29-23(21)25-20)18-9-6-5-7-15(18)2/h3,5-7,9,14,16-17,27H,1,4,8,10-13H2,2H3,(H,24,25,28). The van der Waals surface area contributed by atoms with Gasteiger partial charge in [-0.2, -0.15) is 0 Å². The molecule has 1 saturated carbocycles. The van der Waals surface area contributed by atoms with Gasteiger partial charge in [-0.1, -0.05) is 30.3 Å². The number of aliphatic hydroxyl groups excluding tert-OH is 1. The van der Waals surface area contributed by atoms with Gasteiger partial charge in [-0.15, -0.1) is 17.9 Å². The summed E-state index contributed by atoms with van der Waals surface area (Å²) in [6.45, 7) is 6.93. The van der Waals surface area contributed by atoms with Crippen molar-refractivity contribution in [2.45, 2.75) is 51.3 Å². The molecule has 0 bridgehead atoms. The van der Waals surface area contributed by atoms with Crippen LogP contribution in [0.15, 0.2) is 47.1 Å². The van der Waals surface area contributed by atoms with E-state index in [0.29, 0.717) is 36.8 Å². The third kappa shape index (κ3) is 4.50. The van der Waals surface area contributed by atoms with Gasteiger partial charge in [0, 0.05) is 23.5 Å². The number of hydrogen-bond donors (Lipinski definition) is 2. The van der Waals surface area contributed by atoms with Gasteiger partial charge in [-0.05, 0) is 43.7 Å². The Balaban J connectivity index is 1.60. The average Bonchev–Trinajstić information content (AvgIpc) is 3.46. The van der Waals surface area contributed by atoms with Crippen LogP contribution in [0.4, 0.5) is 0 Å². The van der Waals surface area contributed by atoms with Crippen LogP contribution in [0.2, 0.25) is 0 Å². The number of aromatic nitrogens is 2. The Labute approximate surface area is 174 Å². The summed E-state index contributed by atoms with van der Waals surface area (Å²) in [6, 6.07) is 8.57. The number of allylic oxidation sites excluding steroid dienone is 1. The van der Waals surface area contributed by atoms with Crippen LogP contribution in [-0.4, -0.2) is 38.7 Å². The SMILES string of the molecule is C=CCCC(O)CN(Cc1nc2scc(-c3ccccc3C)c2c(=O)[nH]1)C1CC1. The molecule has 0 aliphatic heterocycles. The summed E-state index contributed by atoms with van der Waals surface area (Å²) in [5.41, 5.74) is 3.07. The van der Waals surface area contributed by atoms with E-state index in [-0.39, 0.29) is 5.56 Å². The van der Waals surface area contributed by atoms with Crippen LogP contribution in [-0.2, 0) is 6.54 Å². The molecule has 2 aromatic heterocycles. The zero-order valence-corrected chi connectivity index (χ0v) is 17.5. The van der Waals surface area contributed by atoms with Gasteiger partial charge in [0.2, 0.25) is 0 Å². The van der Waals surface area contributed by atoms with Crippen LogP contribution in [0, 0.1) is 6.92 Å². The minimum atomic E-state index is -0.390. The van der Waals surface area contributed by atoms with Crippen molar-refractivity contribution in [1.82, 2.24) is 14.9 Å². The summed E-state index contributed by atoms with van der Waals surface area (Å²) in [7, 11) is 0. The number of nitrogens with one attached hydrogen (secondary N) is 1. The molecule has 1 aromatic carbocycles. The van der Waals surface area contributed by atoms with Gasteiger partial charge in [0.25, 0.3) is 5.56 Å². The summed E-state index contributed by atoms with van der Waals surface area (Å²) >= 11 is 1.51. The van der Waals surface area contributed by atoms with E-state index >= 15 is 0 Å². The van der Waals surface area contributed by atoms with Crippen molar-refractivity contribution in [1.29, 1.82) is 0 Å². The number of aliphatic hydroxyl groups is 1. The van der Waals surface area contributed by atoms with E-state index in [1.54, 1.807) is 0 Å². The number of H-pyrrole nitrogens is 1. The summed E-state index contributed by atoms with van der Waals surface area (Å²) in [5.74, 6) is 0.670. The van der Waals surface area contributed by atoms with E-state index in [2.05, 4.69) is 29.5 Å². The minimum Gasteiger partial charge on any atom is -0.392 e. The lowest BCUT2D eigenvalue weighted by molar-refractivity contribution is 0.0966. The maximum absolute atomic E-state index is 12.9. The summed E-state index contributed by atoms with van der Waals surface area (Å²) in [6.07, 6.45) is 5.23. The molecule has 29 heavy (non-hydrogen) atoms. The van der Waals surface area contributed by atoms with Gasteiger partial charge < -0.3 is 10.1 Å². The molecule has 3 aromatic rings. The van der Waals surface area contributed by atoms with Crippen molar-refractivity contribution < 1.29 is 5.11 Å². The van der Waals surface area contributed by atoms with E-state index < -0.39 is 6.10 Å². The smallest absolute Gasteiger partial charge is 0.260 e. The maximum Gasteiger partial charge on any atom is 0.260 e. The monoisotopic (exact) mass is 409 g/mol. The highest BCUT2D eigenvalue weighted by Gasteiger charge is 2.30. The summed E-state index contributed by atoms with van der Waals surface area (Å²) < 4.78 is 0. The number of aryl methyl sites for hydroxylation is 1. The van der Waals surface area contributed by atoms with Crippen molar-refractivity contribution in [3.8, 4) is 11.1 Å². The first-order valence-electron chi connectivity index (χ1n) is 10.2. The fourth-order valence-electron chi connectivity index (χ4n) is 3.79. The number of hydrogen-bond acceptors (Lipinski definition) is 5. The van der Waals surface area contributed by atoms with Crippen LogP contribution in [0.5, 0.6) is 0 Å². The third-order valence-corrected chi connectivity index (χ3v) is 6.37. The third-order valence-electron chi connectivity index (χ3n) is 5.49. The quantitative estimate of drug-likeness (QED) is 0.519. The number of nitrogens with zero attached hydrogens (tertiary/aromatic N) is 2. The molecule has 1 atom stereocenters. The lowest BCUT2D eigenvalue weighted by Gasteiger charge is -2.24. The van der Waals surface area contributed by atoms with Gasteiger partial charge in [-0.3, -0.25) is 9.69 Å². The van der Waals surface area contributed by atoms with E-state index in [1.165, 1.54) is 11.3 Å². The molecule has 4 rings (SSSR count). The number of rotatable bonds is 9. The van der Waals surface area contributed by atoms with E-state index in [9.17, 15) is 9.90 Å². The number of benzene rings is 1. The van der Waals surface area contributed by atoms with Gasteiger partial charge in [0.15, 0.2) is 0 Å². The van der Waals surface area contributed by atoms with Crippen LogP contribution >= 0.6 is 11.3 Å². The van der Waals surface area contributed by atoms with Gasteiger partial charge in [0.1, 0.15) is 10.7 Å². The maximum atomic E-state index is 12.9. The Hall–Kier alpha value is -2.28. The lowest BCUT2D eigenvalue weighted by Crippen LogP contribution is -2.35. The topological polar surface area (TPSA) is 69.2 Å². The number of thiophene rings is 1. The Kier molecular flexibility index (Phi) is 5.94. The molecule has 2 N–H and O–H groups in total. The molecule has 1 unspecified atom stereocenters. The summed E-state index contributed by atoms with van der Waals surface area (Å²) in [5, 5.41) is 13.0. The molecule has 1 fully saturated rings. The van der Waals surface area contributed by atoms with E-state index in [1.807, 2.05) is 29.7 Å². The second-order valence-electron chi connectivity index (χ2n) is 7.84. The highest BCUT2D eigenvalue weighted by Crippen LogP contribution is 2.33. The van der Waals surface area contributed by atoms with Crippen LogP contribution < -0.4 is 5.56 Å². The molecular formula is C23H27N3O2S. The highest BCUT2D eigenvalue weighted by molar-refractivity contribution is 7.17. The Morgan fingerprint density at radius 2 is 2.17 bits per heavy atom. The normalized spacial score (nSPS) is 15.1. The largest absolute Gasteiger partial charge is 0.392 e. The molecule has 0 saturated heterocycles. The van der Waals surface area contributed by atoms with Crippen LogP contribution in [0.1, 0.15) is 37.1 Å². The molecular weight excluding hydrogens is 382 g/mol. The second-order valence-corrected chi connectivity index (χ2v) is 8.70. The van der Waals surface area contributed by atoms with E-state index in [4.69, 9.17) is 4.98 Å². The van der Waals surface area contributed by atoms with Crippen LogP contribution in [0.3, 0.4) is 0 Å². The molecule has 2 heterocycles. The first-order valence-corrected chi connectivity index (χ1v) is 11.0. The van der Waals surface area contributed by atoms with Crippen LogP contribution in [0.25, 0.3) is 21.3 Å². The molecule has 6 heteroatoms. The molecule has 5 nitrogen and oxygen atoms in total. The molecule has 1 aliphatic carbocycles. The van der Waals surface area contributed by atoms with Crippen molar-refractivity contribution in [2.24, 2.45) is 0 Å². The molecule has 0 spiro atoms. The van der Waals surface area contributed by atoms with Gasteiger partial charge >= 0.3 is 0 Å². The molecule has 152 valence electrons. The molecule has 0 amide bonds. The van der Waals surface area contributed by atoms with Crippen molar-refractivity contribution >= 4 is 21.6 Å². The average molecular weight is 410 g/mol. The Morgan fingerprint density at radius 3 is 2.90 bits per heavy atom. The molecule has 0 radical (unpaired) electrons. The lowest BCUT2D eigenvalue weighted by atomic mass is 10.0. The Morgan fingerprint density at radius 1 is 1.38 bits per heavy atom. The van der Waals surface area contributed by atoms with Crippen molar-refractivity contribution in [2.75, 3.05) is 6.54 Å². The van der Waals surface area contributed by atoms with E-state index in [0.717, 1.165) is 40.8 Å². The molecule has 1 aliphatic rings. The van der Waals surface area contributed by atoms with Crippen molar-refractivity contribution in [3.63, 3.8) is 0 Å². The second kappa shape index (κ2) is 8.61. The first kappa shape index (κ1) is 20.0. The fourth-order valence-corrected chi connectivity index (χ4v) is 4.75. The fraction of sp³-hybridized carbons (Fsp3) is 0.391.